The highest BCUT2D eigenvalue weighted by atomic mass is 16.5. The lowest BCUT2D eigenvalue weighted by atomic mass is 10.1. The topological polar surface area (TPSA) is 75.7 Å². The fourth-order valence-corrected chi connectivity index (χ4v) is 2.08. The summed E-state index contributed by atoms with van der Waals surface area (Å²) in [6, 6.07) is 4.45. The fraction of sp³-hybridized carbons (Fsp3) is 0.357. The predicted octanol–water partition coefficient (Wildman–Crippen LogP) is 0.951. The molecule has 1 fully saturated rings. The van der Waals surface area contributed by atoms with Gasteiger partial charge in [-0.05, 0) is 24.6 Å². The summed E-state index contributed by atoms with van der Waals surface area (Å²) in [5.41, 5.74) is 1.92. The Morgan fingerprint density at radius 3 is 2.65 bits per heavy atom. The van der Waals surface area contributed by atoms with Crippen LogP contribution in [0.2, 0.25) is 0 Å². The van der Waals surface area contributed by atoms with E-state index in [0.717, 1.165) is 10.5 Å². The van der Waals surface area contributed by atoms with Crippen LogP contribution in [0.3, 0.4) is 0 Å². The van der Waals surface area contributed by atoms with Gasteiger partial charge in [-0.2, -0.15) is 0 Å². The Hall–Kier alpha value is -2.37. The summed E-state index contributed by atoms with van der Waals surface area (Å²) in [4.78, 5) is 36.0. The average molecular weight is 276 g/mol. The van der Waals surface area contributed by atoms with Gasteiger partial charge >= 0.3 is 5.97 Å². The van der Waals surface area contributed by atoms with E-state index in [1.165, 1.54) is 14.2 Å². The molecule has 1 unspecified atom stereocenters. The van der Waals surface area contributed by atoms with E-state index in [-0.39, 0.29) is 18.2 Å². The number of aryl methyl sites for hydroxylation is 1. The highest BCUT2D eigenvalue weighted by Crippen LogP contribution is 2.22. The number of rotatable bonds is 3. The van der Waals surface area contributed by atoms with Crippen molar-refractivity contribution in [2.24, 2.45) is 0 Å². The standard InChI is InChI=1S/C14H16N2O4/c1-8-4-5-9(14(19)20-3)6-10(8)15-11-7-12(17)16(2)13(11)18/h4-6,11,15H,7H2,1-3H3. The number of likely N-dealkylation sites (N-methyl/N-ethyl adjacent to an activating group) is 1. The number of hydrogen-bond donors (Lipinski definition) is 1. The average Bonchev–Trinajstić information content (AvgIpc) is 2.68. The second-order valence-corrected chi connectivity index (χ2v) is 4.71. The summed E-state index contributed by atoms with van der Waals surface area (Å²) in [5, 5.41) is 3.02. The molecule has 0 aromatic heterocycles. The van der Waals surface area contributed by atoms with Gasteiger partial charge in [-0.15, -0.1) is 0 Å². The van der Waals surface area contributed by atoms with Gasteiger partial charge in [0, 0.05) is 12.7 Å². The van der Waals surface area contributed by atoms with E-state index in [1.54, 1.807) is 18.2 Å². The van der Waals surface area contributed by atoms with Crippen molar-refractivity contribution in [3.63, 3.8) is 0 Å². The summed E-state index contributed by atoms with van der Waals surface area (Å²) in [5.74, 6) is -0.925. The molecule has 1 aliphatic heterocycles. The number of imide groups is 1. The van der Waals surface area contributed by atoms with Crippen molar-refractivity contribution in [2.45, 2.75) is 19.4 Å². The smallest absolute Gasteiger partial charge is 0.337 e. The second kappa shape index (κ2) is 5.32. The number of hydrogen-bond acceptors (Lipinski definition) is 5. The molecule has 1 aromatic carbocycles. The first kappa shape index (κ1) is 14.0. The van der Waals surface area contributed by atoms with Gasteiger partial charge < -0.3 is 10.1 Å². The van der Waals surface area contributed by atoms with E-state index in [2.05, 4.69) is 10.1 Å². The minimum atomic E-state index is -0.584. The van der Waals surface area contributed by atoms with Crippen LogP contribution in [0.25, 0.3) is 0 Å². The van der Waals surface area contributed by atoms with Crippen LogP contribution in [0.4, 0.5) is 5.69 Å². The quantitative estimate of drug-likeness (QED) is 0.657. The molecular formula is C14H16N2O4. The number of carbonyl (C=O) groups excluding carboxylic acids is 3. The third-order valence-corrected chi connectivity index (χ3v) is 3.37. The summed E-state index contributed by atoms with van der Waals surface area (Å²) >= 11 is 0. The Labute approximate surface area is 116 Å². The number of amides is 2. The number of anilines is 1. The maximum absolute atomic E-state index is 11.9. The number of likely N-dealkylation sites (tertiary alicyclic amines) is 1. The molecule has 2 amide bonds. The molecule has 106 valence electrons. The number of benzene rings is 1. The van der Waals surface area contributed by atoms with E-state index in [1.807, 2.05) is 6.92 Å². The number of methoxy groups -OCH3 is 1. The van der Waals surface area contributed by atoms with Crippen molar-refractivity contribution in [2.75, 3.05) is 19.5 Å². The molecule has 0 aliphatic carbocycles. The molecule has 1 aliphatic rings. The first-order valence-electron chi connectivity index (χ1n) is 6.20. The summed E-state index contributed by atoms with van der Waals surface area (Å²) in [7, 11) is 2.77. The third kappa shape index (κ3) is 2.49. The van der Waals surface area contributed by atoms with Gasteiger partial charge in [0.15, 0.2) is 0 Å². The first-order valence-corrected chi connectivity index (χ1v) is 6.20. The molecule has 1 heterocycles. The van der Waals surface area contributed by atoms with Crippen molar-refractivity contribution < 1.29 is 19.1 Å². The Kier molecular flexibility index (Phi) is 3.74. The number of esters is 1. The normalized spacial score (nSPS) is 18.4. The lowest BCUT2D eigenvalue weighted by molar-refractivity contribution is -0.136. The minimum absolute atomic E-state index is 0.122. The molecule has 2 rings (SSSR count). The maximum Gasteiger partial charge on any atom is 0.337 e. The van der Waals surface area contributed by atoms with Crippen molar-refractivity contribution in [1.82, 2.24) is 4.90 Å². The van der Waals surface area contributed by atoms with Crippen molar-refractivity contribution >= 4 is 23.5 Å². The summed E-state index contributed by atoms with van der Waals surface area (Å²) in [6.45, 7) is 1.86. The molecule has 0 radical (unpaired) electrons. The van der Waals surface area contributed by atoms with Crippen LogP contribution >= 0.6 is 0 Å². The fourth-order valence-electron chi connectivity index (χ4n) is 2.08. The highest BCUT2D eigenvalue weighted by Gasteiger charge is 2.36. The molecule has 1 N–H and O–H groups in total. The van der Waals surface area contributed by atoms with Crippen LogP contribution in [-0.2, 0) is 14.3 Å². The maximum atomic E-state index is 11.9. The lowest BCUT2D eigenvalue weighted by Gasteiger charge is -2.15. The van der Waals surface area contributed by atoms with Gasteiger partial charge in [0.1, 0.15) is 6.04 Å². The Bertz CT molecular complexity index is 583. The van der Waals surface area contributed by atoms with E-state index < -0.39 is 12.0 Å². The first-order chi connectivity index (χ1) is 9.43. The zero-order chi connectivity index (χ0) is 14.9. The molecule has 20 heavy (non-hydrogen) atoms. The van der Waals surface area contributed by atoms with Gasteiger partial charge in [0.2, 0.25) is 5.91 Å². The predicted molar refractivity (Wildman–Crippen MR) is 72.3 cm³/mol. The molecule has 1 atom stereocenters. The highest BCUT2D eigenvalue weighted by molar-refractivity contribution is 6.06. The number of nitrogens with zero attached hydrogens (tertiary/aromatic N) is 1. The molecule has 1 aromatic rings. The monoisotopic (exact) mass is 276 g/mol. The van der Waals surface area contributed by atoms with Crippen LogP contribution < -0.4 is 5.32 Å². The van der Waals surface area contributed by atoms with E-state index in [9.17, 15) is 14.4 Å². The van der Waals surface area contributed by atoms with Crippen molar-refractivity contribution in [3.8, 4) is 0 Å². The van der Waals surface area contributed by atoms with Crippen LogP contribution in [0.15, 0.2) is 18.2 Å². The van der Waals surface area contributed by atoms with Crippen molar-refractivity contribution in [3.05, 3.63) is 29.3 Å². The number of carbonyl (C=O) groups is 3. The minimum Gasteiger partial charge on any atom is -0.465 e. The lowest BCUT2D eigenvalue weighted by Crippen LogP contribution is -2.32. The van der Waals surface area contributed by atoms with Gasteiger partial charge in [0.05, 0.1) is 19.1 Å². The molecular weight excluding hydrogens is 260 g/mol. The van der Waals surface area contributed by atoms with Crippen molar-refractivity contribution in [1.29, 1.82) is 0 Å². The van der Waals surface area contributed by atoms with E-state index >= 15 is 0 Å². The SMILES string of the molecule is COC(=O)c1ccc(C)c(NC2CC(=O)N(C)C2=O)c1. The van der Waals surface area contributed by atoms with Crippen LogP contribution in [0, 0.1) is 6.92 Å². The molecule has 1 saturated heterocycles. The molecule has 6 nitrogen and oxygen atoms in total. The third-order valence-electron chi connectivity index (χ3n) is 3.37. The van der Waals surface area contributed by atoms with Crippen LogP contribution in [0.1, 0.15) is 22.3 Å². The van der Waals surface area contributed by atoms with Crippen LogP contribution in [0.5, 0.6) is 0 Å². The second-order valence-electron chi connectivity index (χ2n) is 4.71. The summed E-state index contributed by atoms with van der Waals surface area (Å²) in [6.07, 6.45) is 0.122. The number of ether oxygens (including phenoxy) is 1. The Morgan fingerprint density at radius 2 is 2.10 bits per heavy atom. The van der Waals surface area contributed by atoms with Gasteiger partial charge in [-0.25, -0.2) is 4.79 Å². The molecule has 6 heteroatoms. The van der Waals surface area contributed by atoms with E-state index in [0.29, 0.717) is 11.3 Å². The van der Waals surface area contributed by atoms with Gasteiger partial charge in [0.25, 0.3) is 5.91 Å². The van der Waals surface area contributed by atoms with Gasteiger partial charge in [-0.1, -0.05) is 6.07 Å². The number of nitrogens with one attached hydrogen (secondary N) is 1. The molecule has 0 bridgehead atoms. The molecule has 0 saturated carbocycles. The molecule has 0 spiro atoms. The Morgan fingerprint density at radius 1 is 1.40 bits per heavy atom. The van der Waals surface area contributed by atoms with Crippen LogP contribution in [-0.4, -0.2) is 42.9 Å². The van der Waals surface area contributed by atoms with E-state index in [4.69, 9.17) is 0 Å². The zero-order valence-corrected chi connectivity index (χ0v) is 11.6. The zero-order valence-electron chi connectivity index (χ0n) is 11.6. The Balaban J connectivity index is 2.23. The summed E-state index contributed by atoms with van der Waals surface area (Å²) < 4.78 is 4.66. The largest absolute Gasteiger partial charge is 0.465 e. The van der Waals surface area contributed by atoms with Gasteiger partial charge in [-0.3, -0.25) is 14.5 Å².